The highest BCUT2D eigenvalue weighted by molar-refractivity contribution is 5.94. The van der Waals surface area contributed by atoms with E-state index in [0.29, 0.717) is 17.5 Å². The van der Waals surface area contributed by atoms with E-state index in [-0.39, 0.29) is 11.4 Å². The summed E-state index contributed by atoms with van der Waals surface area (Å²) in [7, 11) is 0. The van der Waals surface area contributed by atoms with E-state index in [1.165, 1.54) is 11.3 Å². The smallest absolute Gasteiger partial charge is 0.271 e. The van der Waals surface area contributed by atoms with Crippen molar-refractivity contribution in [3.05, 3.63) is 59.4 Å². The van der Waals surface area contributed by atoms with Gasteiger partial charge in [-0.05, 0) is 75.4 Å². The number of carbonyl (C=O) groups excluding carboxylic acids is 1. The number of anilines is 1. The summed E-state index contributed by atoms with van der Waals surface area (Å²) < 4.78 is 0. The van der Waals surface area contributed by atoms with Crippen LogP contribution in [0.5, 0.6) is 0 Å². The van der Waals surface area contributed by atoms with E-state index in [2.05, 4.69) is 73.2 Å². The Morgan fingerprint density at radius 2 is 2.00 bits per heavy atom. The molecule has 1 aliphatic heterocycles. The summed E-state index contributed by atoms with van der Waals surface area (Å²) >= 11 is 0. The van der Waals surface area contributed by atoms with Crippen molar-refractivity contribution in [1.29, 1.82) is 0 Å². The van der Waals surface area contributed by atoms with Crippen LogP contribution >= 0.6 is 0 Å². The van der Waals surface area contributed by atoms with Crippen LogP contribution < -0.4 is 10.3 Å². The normalized spacial score (nSPS) is 18.6. The van der Waals surface area contributed by atoms with E-state index < -0.39 is 0 Å². The highest BCUT2D eigenvalue weighted by Crippen LogP contribution is 2.44. The molecule has 2 heterocycles. The van der Waals surface area contributed by atoms with Gasteiger partial charge in [0.25, 0.3) is 5.91 Å². The maximum atomic E-state index is 12.0. The summed E-state index contributed by atoms with van der Waals surface area (Å²) in [5.74, 6) is 0.234. The third-order valence-corrected chi connectivity index (χ3v) is 5.14. The number of amides is 1. The number of carbonyl (C=O) groups is 1. The lowest BCUT2D eigenvalue weighted by molar-refractivity contribution is 0.0955. The number of hydrazone groups is 1. The minimum Gasteiger partial charge on any atom is -0.364 e. The van der Waals surface area contributed by atoms with Gasteiger partial charge in [-0.3, -0.25) is 9.78 Å². The van der Waals surface area contributed by atoms with Gasteiger partial charge in [-0.1, -0.05) is 13.0 Å². The third-order valence-electron chi connectivity index (χ3n) is 5.14. The maximum absolute atomic E-state index is 12.0. The molecule has 1 N–H and O–H groups in total. The highest BCUT2D eigenvalue weighted by atomic mass is 16.2. The number of rotatable bonds is 4. The first-order chi connectivity index (χ1) is 12.8. The lowest BCUT2D eigenvalue weighted by Gasteiger charge is -2.50. The Kier molecular flexibility index (Phi) is 5.31. The van der Waals surface area contributed by atoms with Crippen LogP contribution in [0.15, 0.2) is 47.8 Å². The molecular weight excluding hydrogens is 336 g/mol. The molecule has 27 heavy (non-hydrogen) atoms. The highest BCUT2D eigenvalue weighted by Gasteiger charge is 2.37. The molecule has 0 bridgehead atoms. The van der Waals surface area contributed by atoms with Crippen molar-refractivity contribution in [3.63, 3.8) is 0 Å². The average Bonchev–Trinajstić information content (AvgIpc) is 2.61. The Hall–Kier alpha value is -2.69. The number of pyridine rings is 1. The molecule has 1 unspecified atom stereocenters. The predicted octanol–water partition coefficient (Wildman–Crippen LogP) is 4.35. The molecule has 0 aliphatic carbocycles. The molecular formula is C22H28N4O. The van der Waals surface area contributed by atoms with Crippen molar-refractivity contribution >= 4 is 17.8 Å². The van der Waals surface area contributed by atoms with Gasteiger partial charge in [0.1, 0.15) is 0 Å². The molecule has 1 aromatic carbocycles. The summed E-state index contributed by atoms with van der Waals surface area (Å²) in [6, 6.07) is 10.2. The van der Waals surface area contributed by atoms with Crippen LogP contribution in [0, 0.1) is 0 Å². The Labute approximate surface area is 161 Å². The minimum atomic E-state index is -0.243. The zero-order chi connectivity index (χ0) is 19.6. The van der Waals surface area contributed by atoms with Crippen LogP contribution in [-0.2, 0) is 0 Å². The number of nitrogens with zero attached hydrogens (tertiary/aromatic N) is 3. The second kappa shape index (κ2) is 7.51. The Bertz CT molecular complexity index is 843. The molecule has 1 aromatic heterocycles. The second-order valence-corrected chi connectivity index (χ2v) is 8.13. The number of benzene rings is 1. The first kappa shape index (κ1) is 19.1. The Balaban J connectivity index is 1.80. The molecule has 1 aliphatic rings. The molecule has 0 radical (unpaired) electrons. The van der Waals surface area contributed by atoms with Crippen LogP contribution in [0.25, 0.3) is 0 Å². The van der Waals surface area contributed by atoms with Crippen LogP contribution in [0.4, 0.5) is 5.69 Å². The van der Waals surface area contributed by atoms with Crippen molar-refractivity contribution in [2.45, 2.75) is 58.5 Å². The minimum absolute atomic E-state index is 0.134. The SMILES string of the molecule is CC1CC(C)(C)N(C(C)C)c2ccc(/C=N/NC(=O)c3ccncc3)cc21. The van der Waals surface area contributed by atoms with Crippen LogP contribution in [0.3, 0.4) is 0 Å². The van der Waals surface area contributed by atoms with E-state index in [1.807, 2.05) is 0 Å². The molecule has 0 saturated heterocycles. The fourth-order valence-corrected chi connectivity index (χ4v) is 4.26. The summed E-state index contributed by atoms with van der Waals surface area (Å²) in [5, 5.41) is 4.12. The Morgan fingerprint density at radius 1 is 1.30 bits per heavy atom. The van der Waals surface area contributed by atoms with Gasteiger partial charge in [-0.2, -0.15) is 5.10 Å². The molecule has 2 aromatic rings. The number of fused-ring (bicyclic) bond motifs is 1. The molecule has 1 atom stereocenters. The van der Waals surface area contributed by atoms with E-state index in [4.69, 9.17) is 0 Å². The standard InChI is InChI=1S/C22H28N4O/c1-15(2)26-20-7-6-17(12-19(20)16(3)13-22(26,4)5)14-24-25-21(27)18-8-10-23-11-9-18/h6-12,14-16H,13H2,1-5H3,(H,25,27)/b24-14+. The fourth-order valence-electron chi connectivity index (χ4n) is 4.26. The fraction of sp³-hybridized carbons (Fsp3) is 0.409. The zero-order valence-corrected chi connectivity index (χ0v) is 16.7. The van der Waals surface area contributed by atoms with Gasteiger partial charge in [-0.15, -0.1) is 0 Å². The van der Waals surface area contributed by atoms with Gasteiger partial charge >= 0.3 is 0 Å². The molecule has 0 fully saturated rings. The summed E-state index contributed by atoms with van der Waals surface area (Å²) in [6.45, 7) is 11.4. The third kappa shape index (κ3) is 4.02. The number of nitrogens with one attached hydrogen (secondary N) is 1. The zero-order valence-electron chi connectivity index (χ0n) is 16.7. The number of hydrogen-bond donors (Lipinski definition) is 1. The van der Waals surface area contributed by atoms with E-state index in [1.54, 1.807) is 30.7 Å². The van der Waals surface area contributed by atoms with Crippen molar-refractivity contribution in [1.82, 2.24) is 10.4 Å². The second-order valence-electron chi connectivity index (χ2n) is 8.13. The van der Waals surface area contributed by atoms with Gasteiger partial charge in [0, 0.05) is 35.2 Å². The summed E-state index contributed by atoms with van der Waals surface area (Å²) in [6.07, 6.45) is 5.99. The van der Waals surface area contributed by atoms with Crippen molar-refractivity contribution in [3.8, 4) is 0 Å². The van der Waals surface area contributed by atoms with Crippen LogP contribution in [-0.4, -0.2) is 28.7 Å². The molecule has 0 saturated carbocycles. The van der Waals surface area contributed by atoms with Crippen molar-refractivity contribution in [2.24, 2.45) is 5.10 Å². The number of hydrogen-bond acceptors (Lipinski definition) is 4. The monoisotopic (exact) mass is 364 g/mol. The molecule has 3 rings (SSSR count). The van der Waals surface area contributed by atoms with Gasteiger partial charge in [0.05, 0.1) is 6.21 Å². The Morgan fingerprint density at radius 3 is 2.67 bits per heavy atom. The summed E-state index contributed by atoms with van der Waals surface area (Å²) in [5.41, 5.74) is 6.87. The molecule has 1 amide bonds. The van der Waals surface area contributed by atoms with Crippen molar-refractivity contribution in [2.75, 3.05) is 4.90 Å². The van der Waals surface area contributed by atoms with E-state index in [9.17, 15) is 4.79 Å². The van der Waals surface area contributed by atoms with E-state index >= 15 is 0 Å². The van der Waals surface area contributed by atoms with Gasteiger partial charge in [0.15, 0.2) is 0 Å². The van der Waals surface area contributed by atoms with Crippen molar-refractivity contribution < 1.29 is 4.79 Å². The van der Waals surface area contributed by atoms with Crippen LogP contribution in [0.1, 0.15) is 68.4 Å². The molecule has 142 valence electrons. The first-order valence-electron chi connectivity index (χ1n) is 9.46. The largest absolute Gasteiger partial charge is 0.364 e. The molecule has 5 heteroatoms. The molecule has 5 nitrogen and oxygen atoms in total. The first-order valence-corrected chi connectivity index (χ1v) is 9.46. The lowest BCUT2D eigenvalue weighted by atomic mass is 9.79. The summed E-state index contributed by atoms with van der Waals surface area (Å²) in [4.78, 5) is 18.5. The van der Waals surface area contributed by atoms with Gasteiger partial charge in [-0.25, -0.2) is 5.43 Å². The van der Waals surface area contributed by atoms with Crippen LogP contribution in [0.2, 0.25) is 0 Å². The van der Waals surface area contributed by atoms with E-state index in [0.717, 1.165) is 12.0 Å². The maximum Gasteiger partial charge on any atom is 0.271 e. The topological polar surface area (TPSA) is 57.6 Å². The lowest BCUT2D eigenvalue weighted by Crippen LogP contribution is -2.51. The van der Waals surface area contributed by atoms with Gasteiger partial charge in [0.2, 0.25) is 0 Å². The predicted molar refractivity (Wildman–Crippen MR) is 110 cm³/mol. The van der Waals surface area contributed by atoms with Gasteiger partial charge < -0.3 is 4.90 Å². The number of aromatic nitrogens is 1. The average molecular weight is 364 g/mol. The quantitative estimate of drug-likeness (QED) is 0.648. The molecule has 0 spiro atoms.